The highest BCUT2D eigenvalue weighted by molar-refractivity contribution is 5.79. The van der Waals surface area contributed by atoms with Gasteiger partial charge in [-0.25, -0.2) is 4.39 Å². The van der Waals surface area contributed by atoms with Gasteiger partial charge in [-0.3, -0.25) is 4.99 Å². The van der Waals surface area contributed by atoms with E-state index < -0.39 is 0 Å². The average molecular weight is 384 g/mol. The highest BCUT2D eigenvalue weighted by atomic mass is 19.1. The summed E-state index contributed by atoms with van der Waals surface area (Å²) in [6, 6.07) is 14.9. The lowest BCUT2D eigenvalue weighted by molar-refractivity contribution is -0.0771. The summed E-state index contributed by atoms with van der Waals surface area (Å²) in [5.74, 6) is 1.53. The summed E-state index contributed by atoms with van der Waals surface area (Å²) in [4.78, 5) is 4.64. The van der Waals surface area contributed by atoms with Gasteiger partial charge >= 0.3 is 0 Å². The van der Waals surface area contributed by atoms with Crippen molar-refractivity contribution in [1.29, 1.82) is 0 Å². The third-order valence-corrected chi connectivity index (χ3v) is 5.53. The Balaban J connectivity index is 1.68. The van der Waals surface area contributed by atoms with Gasteiger partial charge in [0, 0.05) is 19.4 Å². The third-order valence-electron chi connectivity index (χ3n) is 5.53. The smallest absolute Gasteiger partial charge is 0.123 e. The van der Waals surface area contributed by atoms with Gasteiger partial charge in [0.05, 0.1) is 12.7 Å². The van der Waals surface area contributed by atoms with E-state index in [4.69, 9.17) is 9.47 Å². The van der Waals surface area contributed by atoms with E-state index in [1.807, 2.05) is 42.6 Å². The first-order valence-electron chi connectivity index (χ1n) is 10.0. The number of hydrogen-bond donors (Lipinski definition) is 0. The molecule has 0 bridgehead atoms. The highest BCUT2D eigenvalue weighted by Crippen LogP contribution is 2.40. The Kier molecular flexibility index (Phi) is 6.84. The summed E-state index contributed by atoms with van der Waals surface area (Å²) in [5.41, 5.74) is 2.16. The van der Waals surface area contributed by atoms with Gasteiger partial charge in [-0.1, -0.05) is 12.1 Å². The summed E-state index contributed by atoms with van der Waals surface area (Å²) < 4.78 is 24.5. The minimum Gasteiger partial charge on any atom is -0.497 e. The quantitative estimate of drug-likeness (QED) is 0.580. The zero-order valence-corrected chi connectivity index (χ0v) is 17.0. The first-order chi connectivity index (χ1) is 13.5. The molecule has 0 aromatic heterocycles. The number of hydrogen-bond acceptors (Lipinski definition) is 3. The molecule has 0 amide bonds. The number of methoxy groups -OCH3 is 1. The van der Waals surface area contributed by atoms with Crippen molar-refractivity contribution >= 4 is 6.21 Å². The first kappa shape index (κ1) is 20.5. The molecule has 0 aliphatic carbocycles. The predicted molar refractivity (Wildman–Crippen MR) is 112 cm³/mol. The molecule has 1 aliphatic heterocycles. The van der Waals surface area contributed by atoms with Gasteiger partial charge in [0.2, 0.25) is 0 Å². The second-order valence-corrected chi connectivity index (χ2v) is 8.12. The number of benzene rings is 2. The van der Waals surface area contributed by atoms with Gasteiger partial charge < -0.3 is 9.47 Å². The molecule has 0 N–H and O–H groups in total. The molecular formula is C24H30FNO2. The average Bonchev–Trinajstić information content (AvgIpc) is 2.69. The van der Waals surface area contributed by atoms with Gasteiger partial charge in [0.1, 0.15) is 11.6 Å². The lowest BCUT2D eigenvalue weighted by atomic mass is 9.75. The van der Waals surface area contributed by atoms with Crippen molar-refractivity contribution in [3.05, 3.63) is 65.5 Å². The Morgan fingerprint density at radius 1 is 1.18 bits per heavy atom. The number of ether oxygens (including phenoxy) is 2. The fourth-order valence-electron chi connectivity index (χ4n) is 4.08. The minimum absolute atomic E-state index is 0.104. The Morgan fingerprint density at radius 3 is 2.54 bits per heavy atom. The van der Waals surface area contributed by atoms with Gasteiger partial charge in [-0.05, 0) is 92.5 Å². The van der Waals surface area contributed by atoms with Crippen LogP contribution in [0.15, 0.2) is 53.5 Å². The van der Waals surface area contributed by atoms with Crippen molar-refractivity contribution in [2.24, 2.45) is 10.9 Å². The molecule has 2 atom stereocenters. The first-order valence-corrected chi connectivity index (χ1v) is 10.0. The predicted octanol–water partition coefficient (Wildman–Crippen LogP) is 5.63. The molecular weight excluding hydrogens is 353 g/mol. The van der Waals surface area contributed by atoms with Crippen molar-refractivity contribution in [2.75, 3.05) is 20.3 Å². The van der Waals surface area contributed by atoms with Crippen LogP contribution in [0.2, 0.25) is 0 Å². The standard InChI is InChI=1S/C24H30FNO2/c1-24(2)16-20(13-15-28-24)23(19-6-8-21(25)9-7-19)12-14-26-17-18-4-10-22(27-3)11-5-18/h4-11,17,20,23H,12-16H2,1-3H3/t20-,23-/m0/s1. The van der Waals surface area contributed by atoms with E-state index in [0.717, 1.165) is 43.7 Å². The molecule has 1 saturated heterocycles. The summed E-state index contributed by atoms with van der Waals surface area (Å²) >= 11 is 0. The number of nitrogens with zero attached hydrogens (tertiary/aromatic N) is 1. The summed E-state index contributed by atoms with van der Waals surface area (Å²) in [7, 11) is 1.66. The molecule has 0 saturated carbocycles. The van der Waals surface area contributed by atoms with Gasteiger partial charge in [-0.2, -0.15) is 0 Å². The van der Waals surface area contributed by atoms with E-state index in [0.29, 0.717) is 11.8 Å². The van der Waals surface area contributed by atoms with Crippen LogP contribution in [0.3, 0.4) is 0 Å². The van der Waals surface area contributed by atoms with Crippen molar-refractivity contribution in [3.8, 4) is 5.75 Å². The molecule has 2 aromatic carbocycles. The number of halogens is 1. The SMILES string of the molecule is COc1ccc(C=NCC[C@@H](c2ccc(F)cc2)[C@H]2CCOC(C)(C)C2)cc1. The van der Waals surface area contributed by atoms with Crippen LogP contribution in [0.25, 0.3) is 0 Å². The fourth-order valence-corrected chi connectivity index (χ4v) is 4.08. The summed E-state index contributed by atoms with van der Waals surface area (Å²) in [5, 5.41) is 0. The molecule has 0 radical (unpaired) electrons. The molecule has 2 aromatic rings. The van der Waals surface area contributed by atoms with Crippen LogP contribution in [0.5, 0.6) is 5.75 Å². The highest BCUT2D eigenvalue weighted by Gasteiger charge is 2.33. The molecule has 28 heavy (non-hydrogen) atoms. The van der Waals surface area contributed by atoms with Gasteiger partial charge in [0.15, 0.2) is 0 Å². The molecule has 0 unspecified atom stereocenters. The maximum Gasteiger partial charge on any atom is 0.123 e. The Bertz CT molecular complexity index is 768. The Morgan fingerprint density at radius 2 is 1.89 bits per heavy atom. The van der Waals surface area contributed by atoms with E-state index in [9.17, 15) is 4.39 Å². The Hall–Kier alpha value is -2.20. The molecule has 1 aliphatic rings. The number of aliphatic imine (C=N–C) groups is 1. The lowest BCUT2D eigenvalue weighted by Gasteiger charge is -2.39. The van der Waals surface area contributed by atoms with Crippen molar-refractivity contribution in [1.82, 2.24) is 0 Å². The summed E-state index contributed by atoms with van der Waals surface area (Å²) in [6.07, 6.45) is 4.90. The monoisotopic (exact) mass is 383 g/mol. The van der Waals surface area contributed by atoms with Crippen LogP contribution in [0.1, 0.15) is 50.2 Å². The van der Waals surface area contributed by atoms with E-state index in [-0.39, 0.29) is 11.4 Å². The van der Waals surface area contributed by atoms with Gasteiger partial charge in [-0.15, -0.1) is 0 Å². The second kappa shape index (κ2) is 9.33. The topological polar surface area (TPSA) is 30.8 Å². The normalized spacial score (nSPS) is 20.2. The van der Waals surface area contributed by atoms with E-state index in [2.05, 4.69) is 18.8 Å². The van der Waals surface area contributed by atoms with Crippen LogP contribution in [0, 0.1) is 11.7 Å². The second-order valence-electron chi connectivity index (χ2n) is 8.12. The molecule has 0 spiro atoms. The minimum atomic E-state index is -0.188. The molecule has 3 nitrogen and oxygen atoms in total. The van der Waals surface area contributed by atoms with E-state index in [1.54, 1.807) is 19.2 Å². The maximum atomic E-state index is 13.4. The zero-order valence-electron chi connectivity index (χ0n) is 17.0. The molecule has 1 heterocycles. The maximum absolute atomic E-state index is 13.4. The molecule has 4 heteroatoms. The van der Waals surface area contributed by atoms with Crippen LogP contribution >= 0.6 is 0 Å². The lowest BCUT2D eigenvalue weighted by Crippen LogP contribution is -2.36. The zero-order chi connectivity index (χ0) is 20.0. The van der Waals surface area contributed by atoms with E-state index >= 15 is 0 Å². The molecule has 1 fully saturated rings. The molecule has 3 rings (SSSR count). The van der Waals surface area contributed by atoms with Crippen LogP contribution < -0.4 is 4.74 Å². The molecule has 150 valence electrons. The fraction of sp³-hybridized carbons (Fsp3) is 0.458. The van der Waals surface area contributed by atoms with Crippen molar-refractivity contribution < 1.29 is 13.9 Å². The van der Waals surface area contributed by atoms with Crippen LogP contribution in [-0.4, -0.2) is 32.1 Å². The van der Waals surface area contributed by atoms with Crippen molar-refractivity contribution in [3.63, 3.8) is 0 Å². The Labute approximate surface area is 167 Å². The largest absolute Gasteiger partial charge is 0.497 e. The van der Waals surface area contributed by atoms with Gasteiger partial charge in [0.25, 0.3) is 0 Å². The third kappa shape index (κ3) is 5.65. The number of rotatable bonds is 7. The van der Waals surface area contributed by atoms with E-state index in [1.165, 1.54) is 5.56 Å². The van der Waals surface area contributed by atoms with Crippen LogP contribution in [0.4, 0.5) is 4.39 Å². The van der Waals surface area contributed by atoms with Crippen LogP contribution in [-0.2, 0) is 4.74 Å². The summed E-state index contributed by atoms with van der Waals surface area (Å²) in [6.45, 7) is 5.84. The van der Waals surface area contributed by atoms with Crippen molar-refractivity contribution in [2.45, 2.75) is 44.6 Å².